The van der Waals surface area contributed by atoms with Crippen LogP contribution in [0.5, 0.6) is 0 Å². The minimum absolute atomic E-state index is 0.0309. The third-order valence-corrected chi connectivity index (χ3v) is 4.01. The number of rotatable bonds is 5. The molecule has 0 saturated heterocycles. The van der Waals surface area contributed by atoms with E-state index in [4.69, 9.17) is 16.3 Å². The molecule has 128 valence electrons. The van der Waals surface area contributed by atoms with E-state index >= 15 is 0 Å². The highest BCUT2D eigenvalue weighted by atomic mass is 35.5. The first kappa shape index (κ1) is 17.0. The Morgan fingerprint density at radius 1 is 1.16 bits per heavy atom. The molecule has 25 heavy (non-hydrogen) atoms. The molecule has 7 heteroatoms. The number of amides is 1. The summed E-state index contributed by atoms with van der Waals surface area (Å²) in [5, 5.41) is 3.38. The van der Waals surface area contributed by atoms with Gasteiger partial charge in [0, 0.05) is 10.6 Å². The number of nitrogens with zero attached hydrogens (tertiary/aromatic N) is 2. The predicted molar refractivity (Wildman–Crippen MR) is 94.4 cm³/mol. The summed E-state index contributed by atoms with van der Waals surface area (Å²) in [4.78, 5) is 28.4. The van der Waals surface area contributed by atoms with Crippen molar-refractivity contribution in [2.75, 3.05) is 7.11 Å². The molecule has 0 atom stereocenters. The smallest absolute Gasteiger partial charge is 0.325 e. The van der Waals surface area contributed by atoms with Crippen LogP contribution in [0.15, 0.2) is 48.5 Å². The molecule has 0 aliphatic rings. The van der Waals surface area contributed by atoms with E-state index in [-0.39, 0.29) is 25.0 Å². The largest absolute Gasteiger partial charge is 0.468 e. The molecule has 1 heterocycles. The lowest BCUT2D eigenvalue weighted by atomic mass is 10.2. The summed E-state index contributed by atoms with van der Waals surface area (Å²) in [5.41, 5.74) is 2.06. The van der Waals surface area contributed by atoms with E-state index in [0.29, 0.717) is 16.4 Å². The van der Waals surface area contributed by atoms with Crippen LogP contribution in [0.1, 0.15) is 16.2 Å². The van der Waals surface area contributed by atoms with Gasteiger partial charge < -0.3 is 14.6 Å². The summed E-state index contributed by atoms with van der Waals surface area (Å²) in [5.74, 6) is -0.0457. The van der Waals surface area contributed by atoms with Crippen LogP contribution in [-0.2, 0) is 22.6 Å². The van der Waals surface area contributed by atoms with E-state index in [1.807, 2.05) is 24.3 Å². The molecular formula is C18H16ClN3O3. The van der Waals surface area contributed by atoms with Gasteiger partial charge in [-0.3, -0.25) is 9.59 Å². The normalized spacial score (nSPS) is 10.6. The molecule has 0 spiro atoms. The van der Waals surface area contributed by atoms with Gasteiger partial charge in [0.2, 0.25) is 0 Å². The van der Waals surface area contributed by atoms with E-state index in [1.165, 1.54) is 7.11 Å². The average molecular weight is 358 g/mol. The van der Waals surface area contributed by atoms with Crippen molar-refractivity contribution in [3.8, 4) is 0 Å². The maximum Gasteiger partial charge on any atom is 0.325 e. The fourth-order valence-corrected chi connectivity index (χ4v) is 2.62. The van der Waals surface area contributed by atoms with Crippen molar-refractivity contribution in [3.05, 3.63) is 64.9 Å². The number of hydrogen-bond acceptors (Lipinski definition) is 4. The molecular weight excluding hydrogens is 342 g/mol. The summed E-state index contributed by atoms with van der Waals surface area (Å²) in [6.07, 6.45) is 0. The second kappa shape index (κ2) is 7.36. The van der Waals surface area contributed by atoms with Crippen LogP contribution in [-0.4, -0.2) is 28.5 Å². The number of halogens is 1. The average Bonchev–Trinajstić information content (AvgIpc) is 2.98. The van der Waals surface area contributed by atoms with Crippen LogP contribution >= 0.6 is 11.6 Å². The van der Waals surface area contributed by atoms with E-state index in [2.05, 4.69) is 10.3 Å². The highest BCUT2D eigenvalue weighted by Gasteiger charge is 2.15. The zero-order chi connectivity index (χ0) is 17.8. The molecule has 0 radical (unpaired) electrons. The topological polar surface area (TPSA) is 73.2 Å². The highest BCUT2D eigenvalue weighted by molar-refractivity contribution is 6.30. The summed E-state index contributed by atoms with van der Waals surface area (Å²) in [6.45, 7) is 0.219. The number of carbonyl (C=O) groups is 2. The number of carbonyl (C=O) groups excluding carboxylic acids is 2. The maximum absolute atomic E-state index is 12.3. The van der Waals surface area contributed by atoms with Gasteiger partial charge in [0.25, 0.3) is 5.91 Å². The fourth-order valence-electron chi connectivity index (χ4n) is 2.49. The van der Waals surface area contributed by atoms with Gasteiger partial charge in [-0.25, -0.2) is 4.98 Å². The minimum atomic E-state index is -0.381. The Balaban J connectivity index is 1.82. The summed E-state index contributed by atoms with van der Waals surface area (Å²) in [6, 6.07) is 14.1. The van der Waals surface area contributed by atoms with Crippen molar-refractivity contribution in [3.63, 3.8) is 0 Å². The standard InChI is InChI=1S/C18H16ClN3O3/c1-25-17(23)11-22-15-5-3-2-4-14(15)21-16(22)10-20-18(24)12-6-8-13(19)9-7-12/h2-9H,10-11H2,1H3,(H,20,24). The predicted octanol–water partition coefficient (Wildman–Crippen LogP) is 2.79. The minimum Gasteiger partial charge on any atom is -0.468 e. The first-order valence-electron chi connectivity index (χ1n) is 7.63. The van der Waals surface area contributed by atoms with Gasteiger partial charge in [-0.1, -0.05) is 23.7 Å². The van der Waals surface area contributed by atoms with Crippen LogP contribution in [0.3, 0.4) is 0 Å². The molecule has 0 unspecified atom stereocenters. The van der Waals surface area contributed by atoms with Gasteiger partial charge in [0.15, 0.2) is 0 Å². The van der Waals surface area contributed by atoms with Crippen molar-refractivity contribution < 1.29 is 14.3 Å². The van der Waals surface area contributed by atoms with Gasteiger partial charge in [0.05, 0.1) is 24.7 Å². The Morgan fingerprint density at radius 3 is 2.60 bits per heavy atom. The number of esters is 1. The van der Waals surface area contributed by atoms with Crippen molar-refractivity contribution in [1.29, 1.82) is 0 Å². The number of ether oxygens (including phenoxy) is 1. The van der Waals surface area contributed by atoms with Gasteiger partial charge in [0.1, 0.15) is 12.4 Å². The molecule has 0 fully saturated rings. The first-order chi connectivity index (χ1) is 12.1. The van der Waals surface area contributed by atoms with E-state index < -0.39 is 0 Å². The Bertz CT molecular complexity index is 919. The van der Waals surface area contributed by atoms with Crippen LogP contribution in [0.4, 0.5) is 0 Å². The van der Waals surface area contributed by atoms with Crippen molar-refractivity contribution in [2.24, 2.45) is 0 Å². The summed E-state index contributed by atoms with van der Waals surface area (Å²) in [7, 11) is 1.34. The number of benzene rings is 2. The Kier molecular flexibility index (Phi) is 5.00. The monoisotopic (exact) mass is 357 g/mol. The van der Waals surface area contributed by atoms with Gasteiger partial charge >= 0.3 is 5.97 Å². The number of fused-ring (bicyclic) bond motifs is 1. The Morgan fingerprint density at radius 2 is 1.88 bits per heavy atom. The second-order valence-corrected chi connectivity index (χ2v) is 5.81. The molecule has 1 amide bonds. The molecule has 0 saturated carbocycles. The molecule has 3 rings (SSSR count). The maximum atomic E-state index is 12.3. The van der Waals surface area contributed by atoms with Crippen LogP contribution in [0.25, 0.3) is 11.0 Å². The molecule has 0 aliphatic heterocycles. The van der Waals surface area contributed by atoms with Crippen molar-refractivity contribution >= 4 is 34.5 Å². The van der Waals surface area contributed by atoms with E-state index in [0.717, 1.165) is 11.0 Å². The number of hydrogen-bond donors (Lipinski definition) is 1. The van der Waals surface area contributed by atoms with E-state index in [9.17, 15) is 9.59 Å². The van der Waals surface area contributed by atoms with Gasteiger partial charge in [-0.15, -0.1) is 0 Å². The molecule has 0 bridgehead atoms. The van der Waals surface area contributed by atoms with E-state index in [1.54, 1.807) is 28.8 Å². The van der Waals surface area contributed by atoms with Crippen LogP contribution < -0.4 is 5.32 Å². The first-order valence-corrected chi connectivity index (χ1v) is 8.01. The van der Waals surface area contributed by atoms with Crippen molar-refractivity contribution in [2.45, 2.75) is 13.1 Å². The summed E-state index contributed by atoms with van der Waals surface area (Å²) >= 11 is 5.83. The molecule has 1 aromatic heterocycles. The fraction of sp³-hybridized carbons (Fsp3) is 0.167. The molecule has 3 aromatic rings. The number of nitrogens with one attached hydrogen (secondary N) is 1. The number of imidazole rings is 1. The Hall–Kier alpha value is -2.86. The molecule has 1 N–H and O–H groups in total. The second-order valence-electron chi connectivity index (χ2n) is 5.37. The number of aromatic nitrogens is 2. The Labute approximate surface area is 149 Å². The lowest BCUT2D eigenvalue weighted by Crippen LogP contribution is -2.25. The van der Waals surface area contributed by atoms with Gasteiger partial charge in [-0.2, -0.15) is 0 Å². The quantitative estimate of drug-likeness (QED) is 0.713. The van der Waals surface area contributed by atoms with Crippen LogP contribution in [0.2, 0.25) is 5.02 Å². The lowest BCUT2D eigenvalue weighted by Gasteiger charge is -2.09. The third-order valence-electron chi connectivity index (χ3n) is 3.76. The summed E-state index contributed by atoms with van der Waals surface area (Å²) < 4.78 is 6.49. The lowest BCUT2D eigenvalue weighted by molar-refractivity contribution is -0.141. The van der Waals surface area contributed by atoms with Crippen LogP contribution in [0, 0.1) is 0 Å². The zero-order valence-corrected chi connectivity index (χ0v) is 14.3. The SMILES string of the molecule is COC(=O)Cn1c(CNC(=O)c2ccc(Cl)cc2)nc2ccccc21. The number of methoxy groups -OCH3 is 1. The third kappa shape index (κ3) is 3.80. The van der Waals surface area contributed by atoms with Gasteiger partial charge in [-0.05, 0) is 36.4 Å². The zero-order valence-electron chi connectivity index (χ0n) is 13.5. The highest BCUT2D eigenvalue weighted by Crippen LogP contribution is 2.16. The molecule has 2 aromatic carbocycles. The molecule has 6 nitrogen and oxygen atoms in total. The molecule has 0 aliphatic carbocycles. The number of para-hydroxylation sites is 2. The van der Waals surface area contributed by atoms with Crippen molar-refractivity contribution in [1.82, 2.24) is 14.9 Å².